The van der Waals surface area contributed by atoms with Crippen molar-refractivity contribution >= 4 is 11.6 Å². The van der Waals surface area contributed by atoms with Crippen LogP contribution in [0.15, 0.2) is 53.6 Å². The molecule has 2 fully saturated rings. The minimum atomic E-state index is -0.518. The third-order valence-electron chi connectivity index (χ3n) is 5.64. The van der Waals surface area contributed by atoms with Gasteiger partial charge in [0.25, 0.3) is 5.56 Å². The first-order valence-electron chi connectivity index (χ1n) is 11.0. The number of ether oxygens (including phenoxy) is 2. The molecule has 2 saturated heterocycles. The summed E-state index contributed by atoms with van der Waals surface area (Å²) < 4.78 is 26.4. The average Bonchev–Trinajstić information content (AvgIpc) is 3.42. The van der Waals surface area contributed by atoms with Gasteiger partial charge in [-0.1, -0.05) is 12.1 Å². The summed E-state index contributed by atoms with van der Waals surface area (Å²) in [5.41, 5.74) is 7.72. The molecule has 0 aliphatic carbocycles. The van der Waals surface area contributed by atoms with E-state index in [9.17, 15) is 9.18 Å². The predicted octanol–water partition coefficient (Wildman–Crippen LogP) is 2.94. The molecule has 9 heteroatoms. The van der Waals surface area contributed by atoms with Gasteiger partial charge < -0.3 is 20.1 Å². The summed E-state index contributed by atoms with van der Waals surface area (Å²) in [7, 11) is 1.66. The maximum Gasteiger partial charge on any atom is 0.255 e. The van der Waals surface area contributed by atoms with Crippen molar-refractivity contribution in [2.24, 2.45) is 7.05 Å². The van der Waals surface area contributed by atoms with E-state index in [2.05, 4.69) is 9.97 Å². The van der Waals surface area contributed by atoms with Crippen LogP contribution in [0.1, 0.15) is 24.5 Å². The first-order valence-corrected chi connectivity index (χ1v) is 11.0. The Morgan fingerprint density at radius 3 is 2.55 bits per heavy atom. The van der Waals surface area contributed by atoms with Gasteiger partial charge in [-0.05, 0) is 36.6 Å². The molecule has 4 heterocycles. The number of hydrogen-bond acceptors (Lipinski definition) is 7. The largest absolute Gasteiger partial charge is 0.399 e. The monoisotopic (exact) mass is 453 g/mol. The van der Waals surface area contributed by atoms with Crippen LogP contribution in [0.2, 0.25) is 0 Å². The number of benzene rings is 1. The molecule has 0 radical (unpaired) electrons. The van der Waals surface area contributed by atoms with Crippen LogP contribution in [-0.4, -0.2) is 47.4 Å². The van der Waals surface area contributed by atoms with E-state index in [1.54, 1.807) is 7.05 Å². The molecule has 1 aromatic carbocycles. The van der Waals surface area contributed by atoms with E-state index < -0.39 is 5.82 Å². The van der Waals surface area contributed by atoms with E-state index in [1.165, 1.54) is 35.7 Å². The van der Waals surface area contributed by atoms with Gasteiger partial charge in [0, 0.05) is 50.3 Å². The lowest BCUT2D eigenvalue weighted by atomic mass is 10.1. The molecule has 33 heavy (non-hydrogen) atoms. The second-order valence-corrected chi connectivity index (χ2v) is 7.99. The lowest BCUT2D eigenvalue weighted by Gasteiger charge is -2.34. The second kappa shape index (κ2) is 10.5. The fourth-order valence-electron chi connectivity index (χ4n) is 3.78. The normalized spacial score (nSPS) is 18.0. The van der Waals surface area contributed by atoms with Crippen LogP contribution in [0.5, 0.6) is 0 Å². The highest BCUT2D eigenvalue weighted by Crippen LogP contribution is 2.27. The third-order valence-corrected chi connectivity index (χ3v) is 5.64. The van der Waals surface area contributed by atoms with Crippen molar-refractivity contribution in [3.63, 3.8) is 0 Å². The Morgan fingerprint density at radius 1 is 1.12 bits per heavy atom. The lowest BCUT2D eigenvalue weighted by Crippen LogP contribution is -2.41. The molecular weight excluding hydrogens is 425 g/mol. The Kier molecular flexibility index (Phi) is 7.31. The summed E-state index contributed by atoms with van der Waals surface area (Å²) in [5, 5.41) is 0. The van der Waals surface area contributed by atoms with Crippen molar-refractivity contribution in [1.82, 2.24) is 14.5 Å². The summed E-state index contributed by atoms with van der Waals surface area (Å²) >= 11 is 0. The number of hydrogen-bond donors (Lipinski definition) is 1. The summed E-state index contributed by atoms with van der Waals surface area (Å²) in [6, 6.07) is 10.4. The number of halogens is 1. The van der Waals surface area contributed by atoms with Crippen molar-refractivity contribution in [3.05, 3.63) is 70.5 Å². The molecule has 2 N–H and O–H groups in total. The zero-order chi connectivity index (χ0) is 23.2. The van der Waals surface area contributed by atoms with E-state index in [4.69, 9.17) is 15.2 Å². The number of anilines is 2. The van der Waals surface area contributed by atoms with E-state index in [0.717, 1.165) is 25.0 Å². The molecule has 8 nitrogen and oxygen atoms in total. The number of nitrogens with two attached hydrogens (primary N) is 1. The van der Waals surface area contributed by atoms with Crippen LogP contribution in [-0.2, 0) is 16.5 Å². The Bertz CT molecular complexity index is 1120. The van der Waals surface area contributed by atoms with Crippen LogP contribution in [0.25, 0.3) is 11.3 Å². The van der Waals surface area contributed by atoms with Crippen LogP contribution in [0.4, 0.5) is 16.0 Å². The molecule has 1 atom stereocenters. The van der Waals surface area contributed by atoms with Gasteiger partial charge in [-0.15, -0.1) is 0 Å². The van der Waals surface area contributed by atoms with Crippen LogP contribution >= 0.6 is 0 Å². The minimum Gasteiger partial charge on any atom is -0.399 e. The quantitative estimate of drug-likeness (QED) is 0.609. The molecule has 2 aliphatic heterocycles. The van der Waals surface area contributed by atoms with Gasteiger partial charge in [0.05, 0.1) is 25.0 Å². The Hall–Kier alpha value is -3.30. The molecule has 5 rings (SSSR count). The highest BCUT2D eigenvalue weighted by atomic mass is 19.1. The van der Waals surface area contributed by atoms with Gasteiger partial charge in [-0.2, -0.15) is 0 Å². The van der Waals surface area contributed by atoms with Gasteiger partial charge in [-0.3, -0.25) is 14.3 Å². The molecule has 174 valence electrons. The molecule has 2 aromatic heterocycles. The SMILES string of the molecule is C1CCOC1.Cn1c(N2CCO[C@@H](c3ccc(N)cc3)C2)nc(-c2ccncc2F)cc1=O. The topological polar surface area (TPSA) is 95.5 Å². The molecule has 3 aromatic rings. The van der Waals surface area contributed by atoms with Crippen molar-refractivity contribution < 1.29 is 13.9 Å². The number of aromatic nitrogens is 3. The standard InChI is InChI=1S/C20H20FN5O2.C4H8O/c1-25-19(27)10-17(15-6-7-23-11-16(15)21)24-20(25)26-8-9-28-18(12-26)13-2-4-14(22)5-3-13;1-2-4-5-3-1/h2-7,10-11,18H,8-9,12,22H2,1H3;1-4H2/t18-;/m1./s1. The first kappa shape index (κ1) is 22.9. The fraction of sp³-hybridized carbons (Fsp3) is 0.375. The number of nitrogens with zero attached hydrogens (tertiary/aromatic N) is 4. The Labute approximate surface area is 191 Å². The fourth-order valence-corrected chi connectivity index (χ4v) is 3.78. The highest BCUT2D eigenvalue weighted by Gasteiger charge is 2.25. The van der Waals surface area contributed by atoms with Crippen molar-refractivity contribution in [1.29, 1.82) is 0 Å². The highest BCUT2D eigenvalue weighted by molar-refractivity contribution is 5.60. The van der Waals surface area contributed by atoms with Crippen LogP contribution in [0, 0.1) is 5.82 Å². The number of morpholine rings is 1. The van der Waals surface area contributed by atoms with Crippen LogP contribution < -0.4 is 16.2 Å². The Balaban J connectivity index is 0.000000459. The van der Waals surface area contributed by atoms with Crippen molar-refractivity contribution in [2.45, 2.75) is 18.9 Å². The summed E-state index contributed by atoms with van der Waals surface area (Å²) in [4.78, 5) is 22.8. The molecule has 0 unspecified atom stereocenters. The second-order valence-electron chi connectivity index (χ2n) is 7.99. The van der Waals surface area contributed by atoms with E-state index in [-0.39, 0.29) is 22.9 Å². The summed E-state index contributed by atoms with van der Waals surface area (Å²) in [6.07, 6.45) is 4.97. The zero-order valence-corrected chi connectivity index (χ0v) is 18.6. The molecule has 2 aliphatic rings. The molecule has 0 saturated carbocycles. The van der Waals surface area contributed by atoms with Gasteiger partial charge >= 0.3 is 0 Å². The average molecular weight is 454 g/mol. The molecule has 0 bridgehead atoms. The van der Waals surface area contributed by atoms with Gasteiger partial charge in [-0.25, -0.2) is 9.37 Å². The van der Waals surface area contributed by atoms with E-state index in [1.807, 2.05) is 29.2 Å². The number of rotatable bonds is 3. The predicted molar refractivity (Wildman–Crippen MR) is 124 cm³/mol. The van der Waals surface area contributed by atoms with E-state index in [0.29, 0.717) is 31.3 Å². The van der Waals surface area contributed by atoms with E-state index >= 15 is 0 Å². The maximum atomic E-state index is 14.1. The van der Waals surface area contributed by atoms with Gasteiger partial charge in [0.2, 0.25) is 5.95 Å². The van der Waals surface area contributed by atoms with Gasteiger partial charge in [0.1, 0.15) is 6.10 Å². The first-order chi connectivity index (χ1) is 16.0. The maximum absolute atomic E-state index is 14.1. The minimum absolute atomic E-state index is 0.174. The zero-order valence-electron chi connectivity index (χ0n) is 18.6. The lowest BCUT2D eigenvalue weighted by molar-refractivity contribution is 0.0390. The number of nitrogen functional groups attached to an aromatic ring is 1. The summed E-state index contributed by atoms with van der Waals surface area (Å²) in [5.74, 6) is -0.0432. The van der Waals surface area contributed by atoms with Gasteiger partial charge in [0.15, 0.2) is 5.82 Å². The van der Waals surface area contributed by atoms with Crippen molar-refractivity contribution in [2.75, 3.05) is 43.5 Å². The van der Waals surface area contributed by atoms with Crippen molar-refractivity contribution in [3.8, 4) is 11.3 Å². The Morgan fingerprint density at radius 2 is 1.88 bits per heavy atom. The molecule has 0 amide bonds. The number of pyridine rings is 1. The molecular formula is C24H28FN5O3. The summed E-state index contributed by atoms with van der Waals surface area (Å²) in [6.45, 7) is 3.58. The third kappa shape index (κ3) is 5.55. The molecule has 0 spiro atoms. The smallest absolute Gasteiger partial charge is 0.255 e. The van der Waals surface area contributed by atoms with Crippen LogP contribution in [0.3, 0.4) is 0 Å².